The molecule has 3 aromatic rings. The van der Waals surface area contributed by atoms with Crippen LogP contribution >= 0.6 is 0 Å². The Morgan fingerprint density at radius 2 is 1.71 bits per heavy atom. The molecule has 1 aromatic carbocycles. The SMILES string of the molecule is COC(=O)c1c(-c2ccc(F)cc2)c(-c2ccncc2)c(N=CN(C)C)n1C. The number of benzene rings is 1. The van der Waals surface area contributed by atoms with E-state index in [4.69, 9.17) is 4.74 Å². The van der Waals surface area contributed by atoms with E-state index in [1.165, 1.54) is 19.2 Å². The van der Waals surface area contributed by atoms with Crippen LogP contribution in [0.5, 0.6) is 0 Å². The topological polar surface area (TPSA) is 59.7 Å². The first-order valence-corrected chi connectivity index (χ1v) is 8.62. The van der Waals surface area contributed by atoms with Crippen molar-refractivity contribution in [1.29, 1.82) is 0 Å². The highest BCUT2D eigenvalue weighted by molar-refractivity contribution is 6.05. The van der Waals surface area contributed by atoms with Crippen molar-refractivity contribution < 1.29 is 13.9 Å². The van der Waals surface area contributed by atoms with Crippen molar-refractivity contribution in [3.8, 4) is 22.3 Å². The first-order chi connectivity index (χ1) is 13.4. The molecule has 0 radical (unpaired) electrons. The summed E-state index contributed by atoms with van der Waals surface area (Å²) in [6, 6.07) is 9.70. The third kappa shape index (κ3) is 3.64. The van der Waals surface area contributed by atoms with Gasteiger partial charge in [-0.1, -0.05) is 12.1 Å². The lowest BCUT2D eigenvalue weighted by atomic mass is 9.96. The molecule has 0 N–H and O–H groups in total. The second-order valence-corrected chi connectivity index (χ2v) is 6.42. The van der Waals surface area contributed by atoms with Crippen LogP contribution in [-0.2, 0) is 11.8 Å². The van der Waals surface area contributed by atoms with Crippen LogP contribution in [0, 0.1) is 5.82 Å². The molecule has 0 unspecified atom stereocenters. The Bertz CT molecular complexity index is 1010. The third-order valence-electron chi connectivity index (χ3n) is 4.26. The van der Waals surface area contributed by atoms with Crippen molar-refractivity contribution >= 4 is 18.1 Å². The van der Waals surface area contributed by atoms with Crippen molar-refractivity contribution in [1.82, 2.24) is 14.5 Å². The standard InChI is InChI=1S/C21H21FN4O2/c1-25(2)13-24-20-18(15-9-11-23-12-10-15)17(14-5-7-16(22)8-6-14)19(26(20)3)21(27)28-4/h5-13H,1-4H3. The summed E-state index contributed by atoms with van der Waals surface area (Å²) in [5, 5.41) is 0. The summed E-state index contributed by atoms with van der Waals surface area (Å²) in [7, 11) is 6.81. The first-order valence-electron chi connectivity index (χ1n) is 8.62. The van der Waals surface area contributed by atoms with Crippen molar-refractivity contribution in [3.05, 3.63) is 60.3 Å². The number of carbonyl (C=O) groups is 1. The number of hydrogen-bond acceptors (Lipinski definition) is 4. The molecule has 0 aliphatic carbocycles. The monoisotopic (exact) mass is 380 g/mol. The molecule has 0 amide bonds. The number of hydrogen-bond donors (Lipinski definition) is 0. The molecule has 28 heavy (non-hydrogen) atoms. The van der Waals surface area contributed by atoms with Gasteiger partial charge >= 0.3 is 5.97 Å². The molecule has 0 aliphatic rings. The van der Waals surface area contributed by atoms with Gasteiger partial charge in [-0.15, -0.1) is 0 Å². The average Bonchev–Trinajstić information content (AvgIpc) is 2.99. The number of rotatable bonds is 5. The number of methoxy groups -OCH3 is 1. The molecule has 2 heterocycles. The van der Waals surface area contributed by atoms with Crippen molar-refractivity contribution in [2.45, 2.75) is 0 Å². The van der Waals surface area contributed by atoms with E-state index in [9.17, 15) is 9.18 Å². The Balaban J connectivity index is 2.41. The molecular weight excluding hydrogens is 359 g/mol. The van der Waals surface area contributed by atoms with Crippen LogP contribution in [-0.4, -0.2) is 48.0 Å². The lowest BCUT2D eigenvalue weighted by Crippen LogP contribution is -2.10. The van der Waals surface area contributed by atoms with E-state index in [0.717, 1.165) is 11.1 Å². The van der Waals surface area contributed by atoms with Gasteiger partial charge in [-0.05, 0) is 35.4 Å². The highest BCUT2D eigenvalue weighted by Gasteiger charge is 2.28. The summed E-state index contributed by atoms with van der Waals surface area (Å²) < 4.78 is 20.2. The zero-order chi connectivity index (χ0) is 20.3. The van der Waals surface area contributed by atoms with Crippen LogP contribution < -0.4 is 0 Å². The zero-order valence-corrected chi connectivity index (χ0v) is 16.2. The summed E-state index contributed by atoms with van der Waals surface area (Å²) in [6.07, 6.45) is 5.01. The largest absolute Gasteiger partial charge is 0.464 e. The highest BCUT2D eigenvalue weighted by atomic mass is 19.1. The predicted molar refractivity (Wildman–Crippen MR) is 107 cm³/mol. The molecule has 144 valence electrons. The van der Waals surface area contributed by atoms with E-state index in [1.807, 2.05) is 26.2 Å². The maximum Gasteiger partial charge on any atom is 0.355 e. The summed E-state index contributed by atoms with van der Waals surface area (Å²) >= 11 is 0. The quantitative estimate of drug-likeness (QED) is 0.383. The fraction of sp³-hybridized carbons (Fsp3) is 0.190. The minimum Gasteiger partial charge on any atom is -0.464 e. The molecule has 0 atom stereocenters. The van der Waals surface area contributed by atoms with Crippen molar-refractivity contribution in [2.24, 2.45) is 12.0 Å². The molecule has 0 saturated heterocycles. The Morgan fingerprint density at radius 3 is 2.29 bits per heavy atom. The van der Waals surface area contributed by atoms with E-state index in [1.54, 1.807) is 47.4 Å². The predicted octanol–water partition coefficient (Wildman–Crippen LogP) is 3.90. The molecule has 0 spiro atoms. The second-order valence-electron chi connectivity index (χ2n) is 6.42. The molecule has 0 fully saturated rings. The van der Waals surface area contributed by atoms with Gasteiger partial charge in [0.1, 0.15) is 17.3 Å². The number of aromatic nitrogens is 2. The number of carbonyl (C=O) groups excluding carboxylic acids is 1. The Morgan fingerprint density at radius 1 is 1.11 bits per heavy atom. The number of aliphatic imine (C=N–C) groups is 1. The minimum absolute atomic E-state index is 0.340. The van der Waals surface area contributed by atoms with Gasteiger partial charge in [0.2, 0.25) is 0 Å². The normalized spacial score (nSPS) is 11.0. The maximum atomic E-state index is 13.5. The van der Waals surface area contributed by atoms with E-state index in [2.05, 4.69) is 9.98 Å². The van der Waals surface area contributed by atoms with Crippen LogP contribution in [0.15, 0.2) is 53.8 Å². The van der Waals surface area contributed by atoms with Gasteiger partial charge < -0.3 is 14.2 Å². The zero-order valence-electron chi connectivity index (χ0n) is 16.2. The van der Waals surface area contributed by atoms with Crippen LogP contribution in [0.3, 0.4) is 0 Å². The summed E-state index contributed by atoms with van der Waals surface area (Å²) in [6.45, 7) is 0. The van der Waals surface area contributed by atoms with Crippen LogP contribution in [0.2, 0.25) is 0 Å². The Kier molecular flexibility index (Phi) is 5.54. The first kappa shape index (κ1) is 19.3. The summed E-state index contributed by atoms with van der Waals surface area (Å²) in [5.41, 5.74) is 3.25. The molecular formula is C21H21FN4O2. The Labute approximate surface area is 162 Å². The van der Waals surface area contributed by atoms with Gasteiger partial charge in [-0.2, -0.15) is 0 Å². The number of nitrogens with zero attached hydrogens (tertiary/aromatic N) is 4. The fourth-order valence-corrected chi connectivity index (χ4v) is 3.02. The van der Waals surface area contributed by atoms with E-state index in [-0.39, 0.29) is 5.82 Å². The smallest absolute Gasteiger partial charge is 0.355 e. The van der Waals surface area contributed by atoms with E-state index < -0.39 is 5.97 Å². The molecule has 0 bridgehead atoms. The van der Waals surface area contributed by atoms with Crippen molar-refractivity contribution in [3.63, 3.8) is 0 Å². The molecule has 7 heteroatoms. The third-order valence-corrected chi connectivity index (χ3v) is 4.26. The molecule has 3 rings (SSSR count). The maximum absolute atomic E-state index is 13.5. The lowest BCUT2D eigenvalue weighted by Gasteiger charge is -2.08. The van der Waals surface area contributed by atoms with E-state index >= 15 is 0 Å². The summed E-state index contributed by atoms with van der Waals surface area (Å²) in [5.74, 6) is -0.265. The van der Waals surface area contributed by atoms with Crippen LogP contribution in [0.1, 0.15) is 10.5 Å². The van der Waals surface area contributed by atoms with Gasteiger partial charge in [0.15, 0.2) is 0 Å². The highest BCUT2D eigenvalue weighted by Crippen LogP contribution is 2.44. The van der Waals surface area contributed by atoms with Gasteiger partial charge in [-0.3, -0.25) is 4.98 Å². The Hall–Kier alpha value is -3.48. The van der Waals surface area contributed by atoms with Crippen LogP contribution in [0.25, 0.3) is 22.3 Å². The number of pyridine rings is 1. The van der Waals surface area contributed by atoms with Gasteiger partial charge in [-0.25, -0.2) is 14.2 Å². The summed E-state index contributed by atoms with van der Waals surface area (Å²) in [4.78, 5) is 23.1. The lowest BCUT2D eigenvalue weighted by molar-refractivity contribution is 0.0591. The van der Waals surface area contributed by atoms with Gasteiger partial charge in [0.05, 0.1) is 13.4 Å². The fourth-order valence-electron chi connectivity index (χ4n) is 3.02. The molecule has 0 aliphatic heterocycles. The average molecular weight is 380 g/mol. The number of esters is 1. The molecule has 6 nitrogen and oxygen atoms in total. The van der Waals surface area contributed by atoms with Gasteiger partial charge in [0.25, 0.3) is 0 Å². The second kappa shape index (κ2) is 8.04. The van der Waals surface area contributed by atoms with E-state index in [0.29, 0.717) is 22.6 Å². The number of ether oxygens (including phenoxy) is 1. The molecule has 0 saturated carbocycles. The minimum atomic E-state index is -0.497. The van der Waals surface area contributed by atoms with Crippen LogP contribution in [0.4, 0.5) is 10.2 Å². The van der Waals surface area contributed by atoms with Gasteiger partial charge in [0, 0.05) is 44.7 Å². The molecule has 2 aromatic heterocycles. The number of halogens is 1. The van der Waals surface area contributed by atoms with Crippen molar-refractivity contribution in [2.75, 3.05) is 21.2 Å².